The van der Waals surface area contributed by atoms with Crippen LogP contribution in [-0.4, -0.2) is 40.8 Å². The van der Waals surface area contributed by atoms with Crippen LogP contribution in [-0.2, 0) is 6.54 Å². The van der Waals surface area contributed by atoms with Crippen LogP contribution in [0.2, 0.25) is 0 Å². The standard InChI is InChI=1S/C14H24N6O2/c1-3-14(5-4-6-14)11-17-13(15-2)16-7-8-19-10-12(9-18-19)20(21)22/h9-10H,3-8,11H2,1-2H3,(H2,15,16,17). The molecule has 2 rings (SSSR count). The molecule has 0 aliphatic heterocycles. The van der Waals surface area contributed by atoms with Gasteiger partial charge in [-0.1, -0.05) is 13.3 Å². The van der Waals surface area contributed by atoms with Crippen LogP contribution < -0.4 is 10.6 Å². The third-order valence-corrected chi connectivity index (χ3v) is 4.48. The highest BCUT2D eigenvalue weighted by molar-refractivity contribution is 5.79. The van der Waals surface area contributed by atoms with E-state index in [0.29, 0.717) is 18.5 Å². The molecule has 0 aromatic carbocycles. The quantitative estimate of drug-likeness (QED) is 0.344. The largest absolute Gasteiger partial charge is 0.356 e. The Hall–Kier alpha value is -2.12. The molecule has 1 fully saturated rings. The fourth-order valence-corrected chi connectivity index (χ4v) is 2.68. The van der Waals surface area contributed by atoms with Crippen molar-refractivity contribution in [3.63, 3.8) is 0 Å². The van der Waals surface area contributed by atoms with Crippen molar-refractivity contribution < 1.29 is 4.92 Å². The SMILES string of the molecule is CCC1(CNC(=NC)NCCn2cc([N+](=O)[O-])cn2)CCC1. The van der Waals surface area contributed by atoms with Crippen LogP contribution in [0.15, 0.2) is 17.4 Å². The minimum Gasteiger partial charge on any atom is -0.356 e. The maximum Gasteiger partial charge on any atom is 0.306 e. The summed E-state index contributed by atoms with van der Waals surface area (Å²) in [5.74, 6) is 0.765. The predicted octanol–water partition coefficient (Wildman–Crippen LogP) is 1.54. The topological polar surface area (TPSA) is 97.4 Å². The summed E-state index contributed by atoms with van der Waals surface area (Å²) >= 11 is 0. The molecule has 0 saturated heterocycles. The summed E-state index contributed by atoms with van der Waals surface area (Å²) in [6, 6.07) is 0. The van der Waals surface area contributed by atoms with E-state index in [1.165, 1.54) is 38.1 Å². The minimum absolute atomic E-state index is 0.0115. The highest BCUT2D eigenvalue weighted by Gasteiger charge is 2.34. The van der Waals surface area contributed by atoms with Crippen LogP contribution in [0, 0.1) is 15.5 Å². The Morgan fingerprint density at radius 2 is 2.32 bits per heavy atom. The van der Waals surface area contributed by atoms with Crippen LogP contribution in [0.25, 0.3) is 0 Å². The summed E-state index contributed by atoms with van der Waals surface area (Å²) in [6.07, 6.45) is 7.76. The van der Waals surface area contributed by atoms with Gasteiger partial charge in [-0.3, -0.25) is 19.8 Å². The van der Waals surface area contributed by atoms with Crippen LogP contribution in [0.4, 0.5) is 5.69 Å². The second-order valence-corrected chi connectivity index (χ2v) is 5.78. The number of nitrogens with one attached hydrogen (secondary N) is 2. The number of nitro groups is 1. The van der Waals surface area contributed by atoms with Gasteiger partial charge >= 0.3 is 5.69 Å². The first kappa shape index (κ1) is 16.3. The maximum absolute atomic E-state index is 10.6. The number of aromatic nitrogens is 2. The second kappa shape index (κ2) is 7.24. The van der Waals surface area contributed by atoms with E-state index in [2.05, 4.69) is 27.6 Å². The van der Waals surface area contributed by atoms with Gasteiger partial charge in [0.05, 0.1) is 11.5 Å². The smallest absolute Gasteiger partial charge is 0.306 e. The first-order valence-corrected chi connectivity index (χ1v) is 7.70. The average Bonchev–Trinajstić information content (AvgIpc) is 2.93. The van der Waals surface area contributed by atoms with Crippen LogP contribution >= 0.6 is 0 Å². The maximum atomic E-state index is 10.6. The van der Waals surface area contributed by atoms with Gasteiger partial charge in [0.2, 0.25) is 0 Å². The van der Waals surface area contributed by atoms with Crippen molar-refractivity contribution >= 4 is 11.6 Å². The van der Waals surface area contributed by atoms with E-state index < -0.39 is 4.92 Å². The Morgan fingerprint density at radius 3 is 2.82 bits per heavy atom. The molecule has 0 atom stereocenters. The Labute approximate surface area is 130 Å². The van der Waals surface area contributed by atoms with E-state index in [1.54, 1.807) is 11.7 Å². The zero-order chi connectivity index (χ0) is 16.0. The molecule has 0 spiro atoms. The van der Waals surface area contributed by atoms with Crippen molar-refractivity contribution in [2.45, 2.75) is 39.2 Å². The van der Waals surface area contributed by atoms with Gasteiger partial charge in [-0.05, 0) is 24.7 Å². The predicted molar refractivity (Wildman–Crippen MR) is 84.8 cm³/mol. The lowest BCUT2D eigenvalue weighted by Gasteiger charge is -2.41. The lowest BCUT2D eigenvalue weighted by molar-refractivity contribution is -0.385. The van der Waals surface area contributed by atoms with Crippen molar-refractivity contribution in [3.05, 3.63) is 22.5 Å². The number of hydrogen-bond acceptors (Lipinski definition) is 4. The minimum atomic E-state index is -0.444. The number of rotatable bonds is 7. The molecule has 0 radical (unpaired) electrons. The molecule has 1 aliphatic rings. The molecular weight excluding hydrogens is 284 g/mol. The van der Waals surface area contributed by atoms with E-state index in [9.17, 15) is 10.1 Å². The zero-order valence-corrected chi connectivity index (χ0v) is 13.2. The molecular formula is C14H24N6O2. The third kappa shape index (κ3) is 3.96. The molecule has 1 aromatic heterocycles. The summed E-state index contributed by atoms with van der Waals surface area (Å²) in [6.45, 7) is 4.34. The fraction of sp³-hybridized carbons (Fsp3) is 0.714. The van der Waals surface area contributed by atoms with Crippen molar-refractivity contribution in [1.29, 1.82) is 0 Å². The summed E-state index contributed by atoms with van der Waals surface area (Å²) in [5, 5.41) is 21.1. The molecule has 8 nitrogen and oxygen atoms in total. The zero-order valence-electron chi connectivity index (χ0n) is 13.2. The van der Waals surface area contributed by atoms with Gasteiger partial charge in [-0.25, -0.2) is 0 Å². The van der Waals surface area contributed by atoms with E-state index >= 15 is 0 Å². The summed E-state index contributed by atoms with van der Waals surface area (Å²) in [5.41, 5.74) is 0.442. The van der Waals surface area contributed by atoms with E-state index in [4.69, 9.17) is 0 Å². The summed E-state index contributed by atoms with van der Waals surface area (Å²) < 4.78 is 1.55. The molecule has 0 bridgehead atoms. The molecule has 1 aliphatic carbocycles. The molecule has 0 unspecified atom stereocenters. The van der Waals surface area contributed by atoms with Crippen molar-refractivity contribution in [2.75, 3.05) is 20.1 Å². The number of aliphatic imine (C=N–C) groups is 1. The normalized spacial score (nSPS) is 16.9. The van der Waals surface area contributed by atoms with E-state index in [-0.39, 0.29) is 5.69 Å². The number of nitrogens with zero attached hydrogens (tertiary/aromatic N) is 4. The summed E-state index contributed by atoms with van der Waals surface area (Å²) in [4.78, 5) is 14.4. The third-order valence-electron chi connectivity index (χ3n) is 4.48. The van der Waals surface area contributed by atoms with Crippen molar-refractivity contribution in [2.24, 2.45) is 10.4 Å². The molecule has 1 aromatic rings. The van der Waals surface area contributed by atoms with Gasteiger partial charge in [0, 0.05) is 20.1 Å². The Bertz CT molecular complexity index is 530. The number of hydrogen-bond donors (Lipinski definition) is 2. The van der Waals surface area contributed by atoms with Crippen LogP contribution in [0.3, 0.4) is 0 Å². The Morgan fingerprint density at radius 1 is 1.55 bits per heavy atom. The highest BCUT2D eigenvalue weighted by atomic mass is 16.6. The molecule has 22 heavy (non-hydrogen) atoms. The van der Waals surface area contributed by atoms with Gasteiger partial charge in [-0.2, -0.15) is 5.10 Å². The van der Waals surface area contributed by atoms with Crippen LogP contribution in [0.1, 0.15) is 32.6 Å². The number of guanidine groups is 1. The molecule has 2 N–H and O–H groups in total. The average molecular weight is 308 g/mol. The summed E-state index contributed by atoms with van der Waals surface area (Å²) in [7, 11) is 1.74. The highest BCUT2D eigenvalue weighted by Crippen LogP contribution is 2.42. The second-order valence-electron chi connectivity index (χ2n) is 5.78. The van der Waals surface area contributed by atoms with Crippen LogP contribution in [0.5, 0.6) is 0 Å². The fourth-order valence-electron chi connectivity index (χ4n) is 2.68. The lowest BCUT2D eigenvalue weighted by Crippen LogP contribution is -2.46. The van der Waals surface area contributed by atoms with Gasteiger partial charge in [0.1, 0.15) is 12.4 Å². The van der Waals surface area contributed by atoms with E-state index in [1.807, 2.05) is 0 Å². The Kier molecular flexibility index (Phi) is 5.35. The molecule has 0 amide bonds. The van der Waals surface area contributed by atoms with Gasteiger partial charge in [0.15, 0.2) is 5.96 Å². The van der Waals surface area contributed by atoms with E-state index in [0.717, 1.165) is 12.5 Å². The van der Waals surface area contributed by atoms with Crippen molar-refractivity contribution in [3.8, 4) is 0 Å². The molecule has 1 heterocycles. The molecule has 1 saturated carbocycles. The monoisotopic (exact) mass is 308 g/mol. The lowest BCUT2D eigenvalue weighted by atomic mass is 9.67. The van der Waals surface area contributed by atoms with Gasteiger partial charge in [0.25, 0.3) is 0 Å². The van der Waals surface area contributed by atoms with Gasteiger partial charge < -0.3 is 10.6 Å². The molecule has 122 valence electrons. The van der Waals surface area contributed by atoms with Crippen molar-refractivity contribution in [1.82, 2.24) is 20.4 Å². The van der Waals surface area contributed by atoms with Gasteiger partial charge in [-0.15, -0.1) is 0 Å². The molecule has 8 heteroatoms. The first-order valence-electron chi connectivity index (χ1n) is 7.70. The first-order chi connectivity index (χ1) is 10.6. The Balaban J connectivity index is 1.73.